The standard InChI is InChI=1S/C12H22N4/c1-5-12(6-2,16(3)4)11(13)10-9-14-7-8-15-10/h7-9,11H,5-6,13H2,1-4H3. The highest BCUT2D eigenvalue weighted by Gasteiger charge is 2.37. The lowest BCUT2D eigenvalue weighted by Crippen LogP contribution is -2.51. The highest BCUT2D eigenvalue weighted by atomic mass is 15.2. The minimum atomic E-state index is -0.105. The van der Waals surface area contributed by atoms with Crippen molar-refractivity contribution in [1.82, 2.24) is 14.9 Å². The van der Waals surface area contributed by atoms with Gasteiger partial charge in [-0.05, 0) is 26.9 Å². The molecule has 4 heteroatoms. The summed E-state index contributed by atoms with van der Waals surface area (Å²) in [5.74, 6) is 0. The van der Waals surface area contributed by atoms with Gasteiger partial charge in [0.25, 0.3) is 0 Å². The first kappa shape index (κ1) is 13.1. The zero-order chi connectivity index (χ0) is 12.2. The Balaban J connectivity index is 3.05. The molecular formula is C12H22N4. The van der Waals surface area contributed by atoms with Crippen LogP contribution in [-0.2, 0) is 0 Å². The van der Waals surface area contributed by atoms with Crippen molar-refractivity contribution in [2.24, 2.45) is 5.73 Å². The van der Waals surface area contributed by atoms with Crippen LogP contribution >= 0.6 is 0 Å². The topological polar surface area (TPSA) is 55.0 Å². The molecule has 1 unspecified atom stereocenters. The van der Waals surface area contributed by atoms with Crippen LogP contribution in [0.2, 0.25) is 0 Å². The fourth-order valence-electron chi connectivity index (χ4n) is 2.35. The predicted octanol–water partition coefficient (Wildman–Crippen LogP) is 1.60. The molecule has 1 atom stereocenters. The van der Waals surface area contributed by atoms with E-state index in [4.69, 9.17) is 5.73 Å². The summed E-state index contributed by atoms with van der Waals surface area (Å²) in [6.07, 6.45) is 7.11. The number of rotatable bonds is 5. The lowest BCUT2D eigenvalue weighted by atomic mass is 9.82. The average molecular weight is 222 g/mol. The minimum Gasteiger partial charge on any atom is -0.321 e. The summed E-state index contributed by atoms with van der Waals surface area (Å²) < 4.78 is 0. The van der Waals surface area contributed by atoms with Gasteiger partial charge in [-0.3, -0.25) is 9.97 Å². The Bertz CT molecular complexity index is 306. The van der Waals surface area contributed by atoms with Gasteiger partial charge in [0.1, 0.15) is 0 Å². The highest BCUT2D eigenvalue weighted by molar-refractivity contribution is 5.11. The third-order valence-corrected chi connectivity index (χ3v) is 3.60. The van der Waals surface area contributed by atoms with Crippen LogP contribution in [-0.4, -0.2) is 34.5 Å². The Morgan fingerprint density at radius 1 is 1.31 bits per heavy atom. The molecule has 2 N–H and O–H groups in total. The first-order chi connectivity index (χ1) is 7.58. The fourth-order valence-corrected chi connectivity index (χ4v) is 2.35. The third kappa shape index (κ3) is 2.23. The lowest BCUT2D eigenvalue weighted by molar-refractivity contribution is 0.104. The van der Waals surface area contributed by atoms with Gasteiger partial charge in [-0.2, -0.15) is 0 Å². The first-order valence-corrected chi connectivity index (χ1v) is 5.77. The van der Waals surface area contributed by atoms with Gasteiger partial charge in [0.15, 0.2) is 0 Å². The Morgan fingerprint density at radius 2 is 1.94 bits per heavy atom. The fraction of sp³-hybridized carbons (Fsp3) is 0.667. The smallest absolute Gasteiger partial charge is 0.0772 e. The van der Waals surface area contributed by atoms with Gasteiger partial charge in [-0.15, -0.1) is 0 Å². The molecule has 0 fully saturated rings. The molecule has 0 spiro atoms. The quantitative estimate of drug-likeness (QED) is 0.822. The highest BCUT2D eigenvalue weighted by Crippen LogP contribution is 2.32. The molecule has 1 aromatic heterocycles. The molecule has 0 aliphatic heterocycles. The monoisotopic (exact) mass is 222 g/mol. The van der Waals surface area contributed by atoms with E-state index in [-0.39, 0.29) is 11.6 Å². The van der Waals surface area contributed by atoms with Gasteiger partial charge in [0.05, 0.1) is 17.9 Å². The number of nitrogens with two attached hydrogens (primary N) is 1. The van der Waals surface area contributed by atoms with E-state index in [9.17, 15) is 0 Å². The van der Waals surface area contributed by atoms with E-state index < -0.39 is 0 Å². The van der Waals surface area contributed by atoms with Crippen molar-refractivity contribution in [3.8, 4) is 0 Å². The normalized spacial score (nSPS) is 14.1. The Hall–Kier alpha value is -1.00. The molecule has 1 aromatic rings. The molecule has 0 aliphatic carbocycles. The van der Waals surface area contributed by atoms with Crippen LogP contribution < -0.4 is 5.73 Å². The molecule has 1 heterocycles. The molecule has 0 aromatic carbocycles. The van der Waals surface area contributed by atoms with Gasteiger partial charge >= 0.3 is 0 Å². The molecule has 0 aliphatic rings. The van der Waals surface area contributed by atoms with Crippen LogP contribution in [0.4, 0.5) is 0 Å². The molecule has 0 saturated heterocycles. The predicted molar refractivity (Wildman–Crippen MR) is 66.0 cm³/mol. The number of hydrogen-bond donors (Lipinski definition) is 1. The number of aromatic nitrogens is 2. The molecule has 90 valence electrons. The Morgan fingerprint density at radius 3 is 2.31 bits per heavy atom. The summed E-state index contributed by atoms with van der Waals surface area (Å²) in [6, 6.07) is -0.105. The molecule has 0 amide bonds. The van der Waals surface area contributed by atoms with Crippen molar-refractivity contribution in [2.45, 2.75) is 38.3 Å². The maximum absolute atomic E-state index is 6.35. The molecule has 0 radical (unpaired) electrons. The second-order valence-corrected chi connectivity index (χ2v) is 4.31. The average Bonchev–Trinajstić information content (AvgIpc) is 2.32. The Kier molecular flexibility index (Phi) is 4.38. The maximum atomic E-state index is 6.35. The van der Waals surface area contributed by atoms with Crippen molar-refractivity contribution in [3.05, 3.63) is 24.3 Å². The van der Waals surface area contributed by atoms with Crippen LogP contribution in [0.5, 0.6) is 0 Å². The molecule has 1 rings (SSSR count). The van der Waals surface area contributed by atoms with Crippen molar-refractivity contribution in [1.29, 1.82) is 0 Å². The van der Waals surface area contributed by atoms with Crippen LogP contribution in [0.25, 0.3) is 0 Å². The van der Waals surface area contributed by atoms with Crippen molar-refractivity contribution in [3.63, 3.8) is 0 Å². The summed E-state index contributed by atoms with van der Waals surface area (Å²) in [5, 5.41) is 0. The number of hydrogen-bond acceptors (Lipinski definition) is 4. The van der Waals surface area contributed by atoms with E-state index in [1.165, 1.54) is 0 Å². The van der Waals surface area contributed by atoms with Crippen molar-refractivity contribution in [2.75, 3.05) is 14.1 Å². The zero-order valence-corrected chi connectivity index (χ0v) is 10.6. The number of nitrogens with zero attached hydrogens (tertiary/aromatic N) is 3. The Labute approximate surface area is 97.9 Å². The van der Waals surface area contributed by atoms with Crippen LogP contribution in [0.1, 0.15) is 38.4 Å². The van der Waals surface area contributed by atoms with Gasteiger partial charge < -0.3 is 10.6 Å². The molecular weight excluding hydrogens is 200 g/mol. The van der Waals surface area contributed by atoms with E-state index in [1.807, 2.05) is 0 Å². The van der Waals surface area contributed by atoms with E-state index in [1.54, 1.807) is 18.6 Å². The minimum absolute atomic E-state index is 0.0456. The van der Waals surface area contributed by atoms with Crippen LogP contribution in [0.15, 0.2) is 18.6 Å². The van der Waals surface area contributed by atoms with Gasteiger partial charge in [0.2, 0.25) is 0 Å². The van der Waals surface area contributed by atoms with E-state index in [0.29, 0.717) is 0 Å². The molecule has 16 heavy (non-hydrogen) atoms. The summed E-state index contributed by atoms with van der Waals surface area (Å²) in [4.78, 5) is 10.6. The van der Waals surface area contributed by atoms with Crippen LogP contribution in [0.3, 0.4) is 0 Å². The summed E-state index contributed by atoms with van der Waals surface area (Å²) in [7, 11) is 4.15. The van der Waals surface area contributed by atoms with Crippen molar-refractivity contribution >= 4 is 0 Å². The van der Waals surface area contributed by atoms with E-state index >= 15 is 0 Å². The summed E-state index contributed by atoms with van der Waals surface area (Å²) >= 11 is 0. The van der Waals surface area contributed by atoms with Crippen LogP contribution in [0, 0.1) is 0 Å². The molecule has 0 saturated carbocycles. The van der Waals surface area contributed by atoms with Gasteiger partial charge in [0, 0.05) is 17.9 Å². The summed E-state index contributed by atoms with van der Waals surface area (Å²) in [6.45, 7) is 4.33. The second kappa shape index (κ2) is 5.37. The largest absolute Gasteiger partial charge is 0.321 e. The molecule has 0 bridgehead atoms. The number of likely N-dealkylation sites (N-methyl/N-ethyl adjacent to an activating group) is 1. The molecule has 4 nitrogen and oxygen atoms in total. The second-order valence-electron chi connectivity index (χ2n) is 4.31. The first-order valence-electron chi connectivity index (χ1n) is 5.77. The maximum Gasteiger partial charge on any atom is 0.0772 e. The van der Waals surface area contributed by atoms with Crippen molar-refractivity contribution < 1.29 is 0 Å². The van der Waals surface area contributed by atoms with E-state index in [0.717, 1.165) is 18.5 Å². The third-order valence-electron chi connectivity index (χ3n) is 3.60. The zero-order valence-electron chi connectivity index (χ0n) is 10.6. The summed E-state index contributed by atoms with van der Waals surface area (Å²) in [5.41, 5.74) is 7.17. The van der Waals surface area contributed by atoms with Gasteiger partial charge in [-0.25, -0.2) is 0 Å². The van der Waals surface area contributed by atoms with E-state index in [2.05, 4.69) is 42.8 Å². The SMILES string of the molecule is CCC(CC)(C(N)c1cnccn1)N(C)C. The lowest BCUT2D eigenvalue weighted by Gasteiger charge is -2.43. The van der Waals surface area contributed by atoms with Gasteiger partial charge in [-0.1, -0.05) is 13.8 Å².